The van der Waals surface area contributed by atoms with E-state index in [-0.39, 0.29) is 22.3 Å². The van der Waals surface area contributed by atoms with Crippen LogP contribution in [0.3, 0.4) is 0 Å². The van der Waals surface area contributed by atoms with Crippen molar-refractivity contribution >= 4 is 33.4 Å². The van der Waals surface area contributed by atoms with Gasteiger partial charge in [0.15, 0.2) is 0 Å². The van der Waals surface area contributed by atoms with Crippen LogP contribution < -0.4 is 10.1 Å². The second-order valence-corrected chi connectivity index (χ2v) is 9.63. The highest BCUT2D eigenvalue weighted by Crippen LogP contribution is 2.29. The minimum Gasteiger partial charge on any atom is -0.492 e. The van der Waals surface area contributed by atoms with Gasteiger partial charge in [-0.05, 0) is 50.6 Å². The molecule has 0 spiro atoms. The summed E-state index contributed by atoms with van der Waals surface area (Å²) in [6, 6.07) is 10.7. The minimum absolute atomic E-state index is 0.0270. The smallest absolute Gasteiger partial charge is 0.246 e. The zero-order valence-electron chi connectivity index (χ0n) is 16.8. The van der Waals surface area contributed by atoms with E-state index >= 15 is 0 Å². The Hall–Kier alpha value is -2.03. The lowest BCUT2D eigenvalue weighted by atomic mass is 10.2. The molecule has 6 nitrogen and oxygen atoms in total. The van der Waals surface area contributed by atoms with E-state index in [4.69, 9.17) is 4.74 Å². The lowest BCUT2D eigenvalue weighted by molar-refractivity contribution is -0.113. The fourth-order valence-electron chi connectivity index (χ4n) is 2.56. The summed E-state index contributed by atoms with van der Waals surface area (Å²) >= 11 is 1.45. The minimum atomic E-state index is -3.70. The lowest BCUT2D eigenvalue weighted by Crippen LogP contribution is -2.23. The molecule has 0 atom stereocenters. The molecule has 0 aliphatic heterocycles. The van der Waals surface area contributed by atoms with Crippen LogP contribution in [-0.4, -0.2) is 45.1 Å². The van der Waals surface area contributed by atoms with Crippen molar-refractivity contribution in [2.24, 2.45) is 0 Å². The molecule has 0 heterocycles. The number of sulfonamides is 1. The lowest BCUT2D eigenvalue weighted by Gasteiger charge is -2.16. The number of nitrogens with zero attached hydrogens (tertiary/aromatic N) is 1. The molecular formula is C20H26N2O4S2. The van der Waals surface area contributed by atoms with Crippen molar-refractivity contribution in [1.82, 2.24) is 4.31 Å². The van der Waals surface area contributed by atoms with Crippen molar-refractivity contribution in [2.45, 2.75) is 30.6 Å². The molecule has 0 saturated heterocycles. The molecule has 0 bridgehead atoms. The number of hydrogen-bond donors (Lipinski definition) is 1. The molecule has 0 aliphatic carbocycles. The van der Waals surface area contributed by atoms with Gasteiger partial charge in [0, 0.05) is 24.7 Å². The first-order valence-corrected chi connectivity index (χ1v) is 11.3. The molecule has 1 N–H and O–H groups in total. The van der Waals surface area contributed by atoms with Crippen molar-refractivity contribution in [3.8, 4) is 5.75 Å². The SMILES string of the molecule is CCOc1ccc(NC(=O)CSc2ccc(C)cc2C)cc1S(=O)(=O)N(C)C. The molecule has 1 amide bonds. The highest BCUT2D eigenvalue weighted by Gasteiger charge is 2.23. The first-order valence-electron chi connectivity index (χ1n) is 8.84. The van der Waals surface area contributed by atoms with E-state index < -0.39 is 10.0 Å². The monoisotopic (exact) mass is 422 g/mol. The van der Waals surface area contributed by atoms with Crippen molar-refractivity contribution in [2.75, 3.05) is 31.8 Å². The van der Waals surface area contributed by atoms with Crippen LogP contribution in [0.25, 0.3) is 0 Å². The van der Waals surface area contributed by atoms with Gasteiger partial charge in [-0.25, -0.2) is 12.7 Å². The Balaban J connectivity index is 2.15. The standard InChI is InChI=1S/C20H26N2O4S2/c1-6-26-17-9-8-16(12-19(17)28(24,25)22(4)5)21-20(23)13-27-18-10-7-14(2)11-15(18)3/h7-12H,6,13H2,1-5H3,(H,21,23). The van der Waals surface area contributed by atoms with E-state index in [1.165, 1.54) is 37.5 Å². The zero-order valence-corrected chi connectivity index (χ0v) is 18.4. The zero-order chi connectivity index (χ0) is 20.9. The number of thioether (sulfide) groups is 1. The van der Waals surface area contributed by atoms with Gasteiger partial charge in [-0.2, -0.15) is 0 Å². The molecule has 152 valence electrons. The molecule has 0 unspecified atom stereocenters. The number of nitrogens with one attached hydrogen (secondary N) is 1. The van der Waals surface area contributed by atoms with Crippen LogP contribution in [0.4, 0.5) is 5.69 Å². The number of ether oxygens (including phenoxy) is 1. The molecular weight excluding hydrogens is 396 g/mol. The average molecular weight is 423 g/mol. The summed E-state index contributed by atoms with van der Waals surface area (Å²) in [6.07, 6.45) is 0. The Morgan fingerprint density at radius 2 is 1.86 bits per heavy atom. The molecule has 0 aromatic heterocycles. The molecule has 2 aromatic carbocycles. The number of anilines is 1. The maximum atomic E-state index is 12.6. The average Bonchev–Trinajstić information content (AvgIpc) is 2.62. The maximum Gasteiger partial charge on any atom is 0.246 e. The van der Waals surface area contributed by atoms with Gasteiger partial charge >= 0.3 is 0 Å². The van der Waals surface area contributed by atoms with E-state index in [0.717, 1.165) is 14.8 Å². The van der Waals surface area contributed by atoms with E-state index in [1.807, 2.05) is 26.0 Å². The third kappa shape index (κ3) is 5.50. The summed E-state index contributed by atoms with van der Waals surface area (Å²) in [5, 5.41) is 2.77. The fraction of sp³-hybridized carbons (Fsp3) is 0.350. The van der Waals surface area contributed by atoms with Gasteiger partial charge in [0.25, 0.3) is 0 Å². The summed E-state index contributed by atoms with van der Waals surface area (Å²) in [5.74, 6) is 0.286. The Kier molecular flexibility index (Phi) is 7.51. The number of carbonyl (C=O) groups excluding carboxylic acids is 1. The van der Waals surface area contributed by atoms with E-state index in [0.29, 0.717) is 12.3 Å². The van der Waals surface area contributed by atoms with Gasteiger partial charge in [0.05, 0.1) is 12.4 Å². The second kappa shape index (κ2) is 9.45. The Morgan fingerprint density at radius 1 is 1.14 bits per heavy atom. The largest absolute Gasteiger partial charge is 0.492 e. The fourth-order valence-corrected chi connectivity index (χ4v) is 4.42. The number of amides is 1. The normalized spacial score (nSPS) is 11.5. The maximum absolute atomic E-state index is 12.6. The first kappa shape index (κ1) is 22.3. The van der Waals surface area contributed by atoms with Crippen molar-refractivity contribution in [3.05, 3.63) is 47.5 Å². The molecule has 2 aromatic rings. The van der Waals surface area contributed by atoms with Crippen LogP contribution in [0.5, 0.6) is 5.75 Å². The molecule has 28 heavy (non-hydrogen) atoms. The van der Waals surface area contributed by atoms with Crippen LogP contribution in [0.15, 0.2) is 46.2 Å². The number of benzene rings is 2. The van der Waals surface area contributed by atoms with Crippen molar-refractivity contribution in [3.63, 3.8) is 0 Å². The van der Waals surface area contributed by atoms with Crippen molar-refractivity contribution in [1.29, 1.82) is 0 Å². The molecule has 0 aliphatic rings. The van der Waals surface area contributed by atoms with Crippen LogP contribution in [0.2, 0.25) is 0 Å². The van der Waals surface area contributed by atoms with Crippen LogP contribution in [-0.2, 0) is 14.8 Å². The van der Waals surface area contributed by atoms with Gasteiger partial charge in [-0.1, -0.05) is 17.7 Å². The third-order valence-electron chi connectivity index (χ3n) is 3.98. The Morgan fingerprint density at radius 3 is 2.46 bits per heavy atom. The highest BCUT2D eigenvalue weighted by atomic mass is 32.2. The molecule has 0 radical (unpaired) electrons. The van der Waals surface area contributed by atoms with Gasteiger partial charge in [-0.15, -0.1) is 11.8 Å². The van der Waals surface area contributed by atoms with Gasteiger partial charge in [0.1, 0.15) is 10.6 Å². The predicted molar refractivity (Wildman–Crippen MR) is 114 cm³/mol. The van der Waals surface area contributed by atoms with E-state index in [1.54, 1.807) is 19.1 Å². The second-order valence-electron chi connectivity index (χ2n) is 6.49. The van der Waals surface area contributed by atoms with Crippen molar-refractivity contribution < 1.29 is 17.9 Å². The quantitative estimate of drug-likeness (QED) is 0.657. The predicted octanol–water partition coefficient (Wildman–Crippen LogP) is 3.68. The summed E-state index contributed by atoms with van der Waals surface area (Å²) in [5.41, 5.74) is 2.71. The Labute approximate surface area is 171 Å². The van der Waals surface area contributed by atoms with Crippen LogP contribution in [0, 0.1) is 13.8 Å². The number of carbonyl (C=O) groups is 1. The van der Waals surface area contributed by atoms with E-state index in [2.05, 4.69) is 11.4 Å². The number of aryl methyl sites for hydroxylation is 2. The Bertz CT molecular complexity index is 957. The third-order valence-corrected chi connectivity index (χ3v) is 6.99. The van der Waals surface area contributed by atoms with Gasteiger partial charge in [0.2, 0.25) is 15.9 Å². The summed E-state index contributed by atoms with van der Waals surface area (Å²) in [4.78, 5) is 13.4. The van der Waals surface area contributed by atoms with Crippen LogP contribution in [0.1, 0.15) is 18.1 Å². The molecule has 0 fully saturated rings. The molecule has 0 saturated carbocycles. The highest BCUT2D eigenvalue weighted by molar-refractivity contribution is 8.00. The van der Waals surface area contributed by atoms with Gasteiger partial charge in [-0.3, -0.25) is 4.79 Å². The van der Waals surface area contributed by atoms with E-state index in [9.17, 15) is 13.2 Å². The topological polar surface area (TPSA) is 75.7 Å². The summed E-state index contributed by atoms with van der Waals surface area (Å²) in [7, 11) is -0.791. The first-order chi connectivity index (χ1) is 13.1. The summed E-state index contributed by atoms with van der Waals surface area (Å²) < 4.78 is 31.7. The van der Waals surface area contributed by atoms with Crippen LogP contribution >= 0.6 is 11.8 Å². The molecule has 8 heteroatoms. The number of hydrogen-bond acceptors (Lipinski definition) is 5. The number of rotatable bonds is 8. The summed E-state index contributed by atoms with van der Waals surface area (Å²) in [6.45, 7) is 6.16. The molecule has 2 rings (SSSR count). The van der Waals surface area contributed by atoms with Gasteiger partial charge < -0.3 is 10.1 Å².